The first-order valence-corrected chi connectivity index (χ1v) is 29.7. The van der Waals surface area contributed by atoms with Gasteiger partial charge in [-0.1, -0.05) is 244 Å². The zero-order valence-corrected chi connectivity index (χ0v) is 46.9. The number of hydrogen-bond acceptors (Lipinski definition) is 5. The largest absolute Gasteiger partial charge is 0.462 e. The van der Waals surface area contributed by atoms with Gasteiger partial charge in [0.15, 0.2) is 6.10 Å². The molecule has 5 heteroatoms. The molecule has 0 spiro atoms. The van der Waals surface area contributed by atoms with Gasteiger partial charge in [-0.2, -0.15) is 0 Å². The Morgan fingerprint density at radius 1 is 0.306 bits per heavy atom. The second-order valence-electron chi connectivity index (χ2n) is 19.1. The SMILES string of the molecule is CC/C=C\C/C=C\C/C=C\C/C=C\CCCCCCCCC(=O)OCC(COCCCCCCCCCC/C=C\C/C=C\C/C=C\CC)OC(=O)CCCCCCCC/C=C\C/C=C\C/C=C\C/C=C\CC. The third-order valence-corrected chi connectivity index (χ3v) is 12.2. The van der Waals surface area contributed by atoms with Gasteiger partial charge >= 0.3 is 11.9 Å². The van der Waals surface area contributed by atoms with Gasteiger partial charge < -0.3 is 14.2 Å². The van der Waals surface area contributed by atoms with Gasteiger partial charge in [0, 0.05) is 19.4 Å². The van der Waals surface area contributed by atoms with Crippen LogP contribution in [0.25, 0.3) is 0 Å². The lowest BCUT2D eigenvalue weighted by atomic mass is 10.1. The maximum atomic E-state index is 12.9. The average molecular weight is 996 g/mol. The Labute approximate surface area is 445 Å². The van der Waals surface area contributed by atoms with E-state index < -0.39 is 6.10 Å². The Bertz CT molecular complexity index is 1500. The maximum absolute atomic E-state index is 12.9. The molecule has 1 unspecified atom stereocenters. The summed E-state index contributed by atoms with van der Waals surface area (Å²) in [7, 11) is 0. The van der Waals surface area contributed by atoms with Crippen LogP contribution >= 0.6 is 0 Å². The number of ether oxygens (including phenoxy) is 3. The smallest absolute Gasteiger partial charge is 0.306 e. The molecule has 0 saturated heterocycles. The first-order valence-electron chi connectivity index (χ1n) is 29.7. The number of unbranched alkanes of at least 4 members (excludes halogenated alkanes) is 20. The Balaban J connectivity index is 4.38. The number of carbonyl (C=O) groups is 2. The van der Waals surface area contributed by atoms with Gasteiger partial charge in [0.2, 0.25) is 0 Å². The molecule has 0 aliphatic rings. The van der Waals surface area contributed by atoms with Crippen molar-refractivity contribution in [3.05, 3.63) is 134 Å². The third-order valence-electron chi connectivity index (χ3n) is 12.2. The summed E-state index contributed by atoms with van der Waals surface area (Å²) >= 11 is 0. The molecule has 0 heterocycles. The highest BCUT2D eigenvalue weighted by molar-refractivity contribution is 5.70. The highest BCUT2D eigenvalue weighted by atomic mass is 16.6. The lowest BCUT2D eigenvalue weighted by Gasteiger charge is -2.18. The van der Waals surface area contributed by atoms with Crippen LogP contribution in [0.3, 0.4) is 0 Å². The molecule has 0 saturated carbocycles. The van der Waals surface area contributed by atoms with Gasteiger partial charge in [0.1, 0.15) is 6.61 Å². The molecule has 5 nitrogen and oxygen atoms in total. The van der Waals surface area contributed by atoms with Crippen molar-refractivity contribution in [1.82, 2.24) is 0 Å². The van der Waals surface area contributed by atoms with E-state index in [1.165, 1.54) is 83.5 Å². The van der Waals surface area contributed by atoms with Gasteiger partial charge in [-0.25, -0.2) is 0 Å². The van der Waals surface area contributed by atoms with Crippen molar-refractivity contribution in [2.24, 2.45) is 0 Å². The van der Waals surface area contributed by atoms with Gasteiger partial charge in [0.25, 0.3) is 0 Å². The summed E-state index contributed by atoms with van der Waals surface area (Å²) in [6, 6.07) is 0. The third kappa shape index (κ3) is 58.6. The number of esters is 2. The minimum absolute atomic E-state index is 0.0604. The van der Waals surface area contributed by atoms with E-state index in [-0.39, 0.29) is 25.2 Å². The molecule has 0 aromatic heterocycles. The minimum atomic E-state index is -0.565. The van der Waals surface area contributed by atoms with Crippen molar-refractivity contribution >= 4 is 11.9 Å². The first kappa shape index (κ1) is 68.0. The fourth-order valence-corrected chi connectivity index (χ4v) is 7.86. The van der Waals surface area contributed by atoms with E-state index in [1.807, 2.05) is 0 Å². The molecule has 0 rings (SSSR count). The second-order valence-corrected chi connectivity index (χ2v) is 19.1. The predicted octanol–water partition coefficient (Wildman–Crippen LogP) is 20.7. The second kappa shape index (κ2) is 61.3. The molecule has 0 bridgehead atoms. The maximum Gasteiger partial charge on any atom is 0.306 e. The van der Waals surface area contributed by atoms with Crippen LogP contribution in [0.5, 0.6) is 0 Å². The quantitative estimate of drug-likeness (QED) is 0.0345. The summed E-state index contributed by atoms with van der Waals surface area (Å²) in [6.45, 7) is 7.45. The Kier molecular flexibility index (Phi) is 58.0. The normalized spacial score (nSPS) is 13.2. The van der Waals surface area contributed by atoms with Crippen LogP contribution < -0.4 is 0 Å². The Hall–Kier alpha value is -3.96. The van der Waals surface area contributed by atoms with Gasteiger partial charge in [0.05, 0.1) is 6.61 Å². The number of rotatable bonds is 53. The van der Waals surface area contributed by atoms with Gasteiger partial charge in [-0.15, -0.1) is 0 Å². The summed E-state index contributed by atoms with van der Waals surface area (Å²) in [4.78, 5) is 25.6. The number of carbonyl (C=O) groups excluding carboxylic acids is 2. The monoisotopic (exact) mass is 995 g/mol. The summed E-state index contributed by atoms with van der Waals surface area (Å²) in [5.41, 5.74) is 0. The Morgan fingerprint density at radius 2 is 0.583 bits per heavy atom. The van der Waals surface area contributed by atoms with E-state index in [9.17, 15) is 9.59 Å². The van der Waals surface area contributed by atoms with E-state index in [0.29, 0.717) is 19.4 Å². The van der Waals surface area contributed by atoms with Crippen LogP contribution in [0, 0.1) is 0 Å². The molecule has 0 aliphatic heterocycles. The van der Waals surface area contributed by atoms with Crippen molar-refractivity contribution in [2.75, 3.05) is 19.8 Å². The van der Waals surface area contributed by atoms with E-state index in [2.05, 4.69) is 154 Å². The van der Waals surface area contributed by atoms with Gasteiger partial charge in [-0.3, -0.25) is 9.59 Å². The van der Waals surface area contributed by atoms with Crippen molar-refractivity contribution in [3.8, 4) is 0 Å². The lowest BCUT2D eigenvalue weighted by molar-refractivity contribution is -0.163. The Morgan fingerprint density at radius 3 is 0.931 bits per heavy atom. The average Bonchev–Trinajstić information content (AvgIpc) is 3.38. The highest BCUT2D eigenvalue weighted by Crippen LogP contribution is 2.14. The molecule has 1 atom stereocenters. The molecule has 0 aromatic rings. The van der Waals surface area contributed by atoms with Crippen LogP contribution in [0.4, 0.5) is 0 Å². The molecular formula is C67H110O5. The van der Waals surface area contributed by atoms with E-state index in [4.69, 9.17) is 14.2 Å². The van der Waals surface area contributed by atoms with E-state index in [0.717, 1.165) is 135 Å². The zero-order chi connectivity index (χ0) is 52.0. The molecule has 0 aliphatic carbocycles. The van der Waals surface area contributed by atoms with Crippen molar-refractivity contribution < 1.29 is 23.8 Å². The predicted molar refractivity (Wildman–Crippen MR) is 315 cm³/mol. The van der Waals surface area contributed by atoms with E-state index >= 15 is 0 Å². The number of allylic oxidation sites excluding steroid dienone is 22. The van der Waals surface area contributed by atoms with E-state index in [1.54, 1.807) is 0 Å². The van der Waals surface area contributed by atoms with Crippen LogP contribution in [0.15, 0.2) is 134 Å². The topological polar surface area (TPSA) is 61.8 Å². The summed E-state index contributed by atoms with van der Waals surface area (Å²) < 4.78 is 17.5. The van der Waals surface area contributed by atoms with Gasteiger partial charge in [-0.05, 0) is 128 Å². The first-order chi connectivity index (χ1) is 35.6. The van der Waals surface area contributed by atoms with Crippen molar-refractivity contribution in [2.45, 2.75) is 258 Å². The van der Waals surface area contributed by atoms with Crippen LogP contribution in [0.1, 0.15) is 252 Å². The fraction of sp³-hybridized carbons (Fsp3) is 0.642. The summed E-state index contributed by atoms with van der Waals surface area (Å²) in [6.07, 6.45) is 87.6. The fourth-order valence-electron chi connectivity index (χ4n) is 7.86. The summed E-state index contributed by atoms with van der Waals surface area (Å²) in [5.74, 6) is -0.437. The molecule has 0 amide bonds. The van der Waals surface area contributed by atoms with Crippen LogP contribution in [0.2, 0.25) is 0 Å². The zero-order valence-electron chi connectivity index (χ0n) is 46.9. The molecule has 0 N–H and O–H groups in total. The molecule has 72 heavy (non-hydrogen) atoms. The van der Waals surface area contributed by atoms with Crippen LogP contribution in [-0.4, -0.2) is 37.9 Å². The van der Waals surface area contributed by atoms with Crippen molar-refractivity contribution in [1.29, 1.82) is 0 Å². The van der Waals surface area contributed by atoms with Crippen LogP contribution in [-0.2, 0) is 23.8 Å². The molecule has 0 fully saturated rings. The molecule has 408 valence electrons. The standard InChI is InChI=1S/C67H110O5/c1-4-7-10-13-16-19-22-25-28-31-34-36-39-42-45-48-51-54-57-60-66(68)71-64-65(63-70-62-59-56-53-50-47-44-41-38-33-30-27-24-21-18-15-12-9-6-3)72-67(69)61-58-55-52-49-46-43-40-37-35-32-29-26-23-20-17-14-11-8-5-2/h7-12,16-21,25-30,34-37,65H,4-6,13-15,22-24,31-33,38-64H2,1-3H3/b10-7-,11-8-,12-9-,19-16-,20-17-,21-18-,28-25-,29-26-,30-27-,36-34-,37-35-. The minimum Gasteiger partial charge on any atom is -0.462 e. The van der Waals surface area contributed by atoms with Crippen molar-refractivity contribution in [3.63, 3.8) is 0 Å². The highest BCUT2D eigenvalue weighted by Gasteiger charge is 2.17. The summed E-state index contributed by atoms with van der Waals surface area (Å²) in [5, 5.41) is 0. The molecular weight excluding hydrogens is 885 g/mol. The molecule has 0 aromatic carbocycles. The lowest BCUT2D eigenvalue weighted by Crippen LogP contribution is -2.30. The number of hydrogen-bond donors (Lipinski definition) is 0. The molecule has 0 radical (unpaired) electrons.